The molecule has 3 aliphatic rings. The van der Waals surface area contributed by atoms with Gasteiger partial charge in [-0.25, -0.2) is 9.48 Å². The third-order valence-corrected chi connectivity index (χ3v) is 9.65. The molecule has 0 radical (unpaired) electrons. The molecule has 3 aliphatic heterocycles. The van der Waals surface area contributed by atoms with Crippen molar-refractivity contribution in [2.45, 2.75) is 31.3 Å². The summed E-state index contributed by atoms with van der Waals surface area (Å²) in [6.07, 6.45) is 3.02. The van der Waals surface area contributed by atoms with E-state index >= 15 is 0 Å². The number of carbonyl (C=O) groups excluding carboxylic acids is 2. The number of piperazine rings is 1. The number of rotatable bonds is 7. The van der Waals surface area contributed by atoms with E-state index in [1.807, 2.05) is 12.1 Å². The molecule has 3 aromatic rings. The van der Waals surface area contributed by atoms with Gasteiger partial charge in [0.2, 0.25) is 5.91 Å². The van der Waals surface area contributed by atoms with Gasteiger partial charge in [0.1, 0.15) is 4.47 Å². The predicted octanol–water partition coefficient (Wildman–Crippen LogP) is 3.21. The number of likely N-dealkylation sites (N-methyl/N-ethyl adjacent to an activating group) is 1. The lowest BCUT2D eigenvalue weighted by molar-refractivity contribution is -0.120. The van der Waals surface area contributed by atoms with Crippen molar-refractivity contribution in [2.24, 2.45) is 7.05 Å². The number of benzene rings is 2. The molecule has 0 unspecified atom stereocenters. The van der Waals surface area contributed by atoms with Gasteiger partial charge in [0, 0.05) is 83.2 Å². The fraction of sp³-hybridized carbons (Fsp3) is 0.438. The smallest absolute Gasteiger partial charge is 0.328 e. The van der Waals surface area contributed by atoms with Crippen molar-refractivity contribution in [3.8, 4) is 0 Å². The molecular formula is C32H39BrN8O3. The topological polar surface area (TPSA) is 106 Å². The van der Waals surface area contributed by atoms with E-state index < -0.39 is 0 Å². The first-order valence-corrected chi connectivity index (χ1v) is 16.0. The lowest BCUT2D eigenvalue weighted by Gasteiger charge is -2.37. The van der Waals surface area contributed by atoms with Gasteiger partial charge >= 0.3 is 6.03 Å². The zero-order valence-electron chi connectivity index (χ0n) is 25.2. The first-order valence-electron chi connectivity index (χ1n) is 15.2. The Morgan fingerprint density at radius 3 is 2.32 bits per heavy atom. The Balaban J connectivity index is 1.00. The van der Waals surface area contributed by atoms with Crippen molar-refractivity contribution in [3.63, 3.8) is 0 Å². The Labute approximate surface area is 265 Å². The largest absolute Gasteiger partial charge is 0.379 e. The number of imide groups is 1. The molecule has 2 atom stereocenters. The summed E-state index contributed by atoms with van der Waals surface area (Å²) in [5.74, 6) is 0.182. The van der Waals surface area contributed by atoms with Crippen LogP contribution in [0.15, 0.2) is 64.0 Å². The molecule has 1 aromatic heterocycles. The molecule has 11 nitrogen and oxygen atoms in total. The lowest BCUT2D eigenvalue weighted by atomic mass is 9.87. The molecule has 3 fully saturated rings. The molecule has 0 bridgehead atoms. The summed E-state index contributed by atoms with van der Waals surface area (Å²) in [6, 6.07) is 17.0. The lowest BCUT2D eigenvalue weighted by Crippen LogP contribution is -2.49. The number of hydrogen-bond acceptors (Lipinski definition) is 8. The van der Waals surface area contributed by atoms with E-state index in [4.69, 9.17) is 0 Å². The van der Waals surface area contributed by atoms with E-state index in [9.17, 15) is 14.4 Å². The molecule has 6 rings (SSSR count). The number of aromatic nitrogens is 2. The van der Waals surface area contributed by atoms with Crippen LogP contribution in [0.25, 0.3) is 0 Å². The molecule has 232 valence electrons. The Morgan fingerprint density at radius 2 is 1.61 bits per heavy atom. The molecule has 44 heavy (non-hydrogen) atoms. The average molecular weight is 664 g/mol. The quantitative estimate of drug-likeness (QED) is 0.398. The number of anilines is 3. The minimum absolute atomic E-state index is 0.147. The Morgan fingerprint density at radius 1 is 0.909 bits per heavy atom. The highest BCUT2D eigenvalue weighted by molar-refractivity contribution is 9.10. The highest BCUT2D eigenvalue weighted by atomic mass is 79.9. The highest BCUT2D eigenvalue weighted by Gasteiger charge is 2.28. The van der Waals surface area contributed by atoms with Crippen LogP contribution in [0, 0.1) is 0 Å². The van der Waals surface area contributed by atoms with Crippen LogP contribution >= 0.6 is 15.9 Å². The normalized spacial score (nSPS) is 21.8. The number of aryl methyl sites for hydroxylation is 1. The molecule has 0 saturated carbocycles. The number of urea groups is 1. The molecule has 3 saturated heterocycles. The van der Waals surface area contributed by atoms with E-state index in [1.54, 1.807) is 18.1 Å². The van der Waals surface area contributed by atoms with Crippen molar-refractivity contribution >= 4 is 44.9 Å². The van der Waals surface area contributed by atoms with Crippen LogP contribution in [-0.2, 0) is 18.4 Å². The Hall–Kier alpha value is -3.74. The van der Waals surface area contributed by atoms with Crippen molar-refractivity contribution in [1.29, 1.82) is 0 Å². The second-order valence-corrected chi connectivity index (χ2v) is 12.9. The van der Waals surface area contributed by atoms with Crippen molar-refractivity contribution in [3.05, 3.63) is 80.7 Å². The summed E-state index contributed by atoms with van der Waals surface area (Å²) in [4.78, 5) is 44.7. The summed E-state index contributed by atoms with van der Waals surface area (Å²) < 4.78 is 1.85. The van der Waals surface area contributed by atoms with Gasteiger partial charge in [0.15, 0.2) is 0 Å². The molecule has 3 amide bonds. The first kappa shape index (κ1) is 30.3. The van der Waals surface area contributed by atoms with Crippen molar-refractivity contribution in [1.82, 2.24) is 24.9 Å². The number of hydrogen-bond donors (Lipinski definition) is 2. The Kier molecular flexibility index (Phi) is 9.01. The molecular weight excluding hydrogens is 624 g/mol. The van der Waals surface area contributed by atoms with Crippen LogP contribution in [0.5, 0.6) is 0 Å². The van der Waals surface area contributed by atoms with Gasteiger partial charge < -0.3 is 15.1 Å². The summed E-state index contributed by atoms with van der Waals surface area (Å²) in [5, 5.41) is 10.1. The second kappa shape index (κ2) is 13.1. The maximum absolute atomic E-state index is 12.3. The van der Waals surface area contributed by atoms with Crippen LogP contribution in [0.3, 0.4) is 0 Å². The summed E-state index contributed by atoms with van der Waals surface area (Å²) >= 11 is 3.44. The average Bonchev–Trinajstić information content (AvgIpc) is 3.02. The van der Waals surface area contributed by atoms with Crippen LogP contribution in [0.2, 0.25) is 0 Å². The summed E-state index contributed by atoms with van der Waals surface area (Å²) in [6.45, 7) is 7.09. The van der Waals surface area contributed by atoms with E-state index in [0.717, 1.165) is 69.3 Å². The number of nitrogens with one attached hydrogen (secondary N) is 2. The monoisotopic (exact) mass is 662 g/mol. The van der Waals surface area contributed by atoms with E-state index in [1.165, 1.54) is 15.8 Å². The van der Waals surface area contributed by atoms with Gasteiger partial charge in [-0.3, -0.25) is 24.7 Å². The van der Waals surface area contributed by atoms with E-state index in [2.05, 4.69) is 89.8 Å². The van der Waals surface area contributed by atoms with Crippen molar-refractivity contribution < 1.29 is 9.59 Å². The number of likely N-dealkylation sites (tertiary alicyclic amines) is 1. The Bertz CT molecular complexity index is 1550. The summed E-state index contributed by atoms with van der Waals surface area (Å²) in [5.41, 5.74) is 5.21. The minimum atomic E-state index is -0.355. The van der Waals surface area contributed by atoms with Crippen LogP contribution in [-0.4, -0.2) is 90.4 Å². The number of amides is 3. The van der Waals surface area contributed by atoms with Crippen LogP contribution in [0.1, 0.15) is 29.9 Å². The SMILES string of the molecule is CN1C[C@@H](Nc2cnn(C)c(=O)c2Br)C[C@@H](c2ccc(CN3CCN(c4ccc(N5CCC(=O)NC5=O)cc4)CC3)cc2)C1. The molecule has 4 heterocycles. The van der Waals surface area contributed by atoms with E-state index in [0.29, 0.717) is 23.4 Å². The maximum atomic E-state index is 12.3. The van der Waals surface area contributed by atoms with Gasteiger partial charge in [-0.1, -0.05) is 24.3 Å². The molecule has 2 N–H and O–H groups in total. The zero-order valence-corrected chi connectivity index (χ0v) is 26.8. The van der Waals surface area contributed by atoms with Crippen LogP contribution < -0.4 is 26.0 Å². The fourth-order valence-electron chi connectivity index (χ4n) is 6.47. The van der Waals surface area contributed by atoms with Gasteiger partial charge in [-0.2, -0.15) is 5.10 Å². The molecule has 12 heteroatoms. The number of piperidine rings is 1. The third kappa shape index (κ3) is 6.82. The van der Waals surface area contributed by atoms with Gasteiger partial charge in [0.25, 0.3) is 5.56 Å². The number of nitrogens with zero attached hydrogens (tertiary/aromatic N) is 6. The number of carbonyl (C=O) groups is 2. The standard InChI is InChI=1S/C32H39BrN8O3/c1-37-20-24(17-25(21-37)35-28-18-34-38(2)31(43)30(28)33)23-5-3-22(4-6-23)19-39-13-15-40(16-14-39)26-7-9-27(10-8-26)41-12-11-29(42)36-32(41)44/h3-10,18,24-25,35H,11-17,19-21H2,1-2H3,(H,36,42,44)/t24-,25+/m1/s1. The van der Waals surface area contributed by atoms with Gasteiger partial charge in [-0.15, -0.1) is 0 Å². The molecule has 2 aromatic carbocycles. The zero-order chi connectivity index (χ0) is 30.8. The van der Waals surface area contributed by atoms with Crippen molar-refractivity contribution in [2.75, 3.05) is 68.0 Å². The fourth-order valence-corrected chi connectivity index (χ4v) is 6.94. The highest BCUT2D eigenvalue weighted by Crippen LogP contribution is 2.30. The van der Waals surface area contributed by atoms with E-state index in [-0.39, 0.29) is 23.5 Å². The third-order valence-electron chi connectivity index (χ3n) is 8.88. The molecule has 0 aliphatic carbocycles. The number of halogens is 1. The molecule has 0 spiro atoms. The van der Waals surface area contributed by atoms with Crippen LogP contribution in [0.4, 0.5) is 21.9 Å². The van der Waals surface area contributed by atoms with Gasteiger partial charge in [0.05, 0.1) is 11.9 Å². The minimum Gasteiger partial charge on any atom is -0.379 e. The predicted molar refractivity (Wildman–Crippen MR) is 175 cm³/mol. The first-order chi connectivity index (χ1) is 21.2. The second-order valence-electron chi connectivity index (χ2n) is 12.1. The summed E-state index contributed by atoms with van der Waals surface area (Å²) in [7, 11) is 3.80. The maximum Gasteiger partial charge on any atom is 0.328 e. The van der Waals surface area contributed by atoms with Gasteiger partial charge in [-0.05, 0) is 70.7 Å².